The summed E-state index contributed by atoms with van der Waals surface area (Å²) in [5.41, 5.74) is 1.19. The van der Waals surface area contributed by atoms with Gasteiger partial charge in [0.05, 0.1) is 6.61 Å². The Bertz CT molecular complexity index is 463. The average Bonchev–Trinajstić information content (AvgIpc) is 2.55. The SMILES string of the molecule is COC/C=C/C1CCC(CCc2ccc(OC(F)F)cc2)CC1. The molecule has 2 rings (SSSR count). The number of aryl methyl sites for hydroxylation is 1. The van der Waals surface area contributed by atoms with E-state index >= 15 is 0 Å². The molecule has 0 spiro atoms. The predicted octanol–water partition coefficient (Wildman–Crippen LogP) is 5.23. The van der Waals surface area contributed by atoms with Gasteiger partial charge in [0.2, 0.25) is 0 Å². The highest BCUT2D eigenvalue weighted by atomic mass is 19.3. The van der Waals surface area contributed by atoms with Crippen LogP contribution in [-0.4, -0.2) is 20.3 Å². The molecule has 4 heteroatoms. The number of allylic oxidation sites excluding steroid dienone is 1. The summed E-state index contributed by atoms with van der Waals surface area (Å²) in [7, 11) is 1.72. The van der Waals surface area contributed by atoms with Crippen LogP contribution in [0.4, 0.5) is 8.78 Å². The maximum Gasteiger partial charge on any atom is 0.387 e. The van der Waals surface area contributed by atoms with Gasteiger partial charge < -0.3 is 9.47 Å². The Balaban J connectivity index is 1.69. The Morgan fingerprint density at radius 3 is 2.43 bits per heavy atom. The number of methoxy groups -OCH3 is 1. The van der Waals surface area contributed by atoms with Gasteiger partial charge in [0.25, 0.3) is 0 Å². The van der Waals surface area contributed by atoms with Crippen LogP contribution in [-0.2, 0) is 11.2 Å². The summed E-state index contributed by atoms with van der Waals surface area (Å²) in [5, 5.41) is 0. The zero-order chi connectivity index (χ0) is 16.5. The van der Waals surface area contributed by atoms with Crippen molar-refractivity contribution < 1.29 is 18.3 Å². The molecule has 0 heterocycles. The molecular formula is C19H26F2O2. The maximum atomic E-state index is 12.1. The quantitative estimate of drug-likeness (QED) is 0.610. The number of benzene rings is 1. The number of halogens is 2. The number of rotatable bonds is 8. The fourth-order valence-corrected chi connectivity index (χ4v) is 3.22. The van der Waals surface area contributed by atoms with E-state index < -0.39 is 6.61 Å². The lowest BCUT2D eigenvalue weighted by molar-refractivity contribution is -0.0498. The summed E-state index contributed by atoms with van der Waals surface area (Å²) >= 11 is 0. The Morgan fingerprint density at radius 2 is 1.83 bits per heavy atom. The first-order valence-corrected chi connectivity index (χ1v) is 8.36. The molecule has 0 aromatic heterocycles. The fourth-order valence-electron chi connectivity index (χ4n) is 3.22. The predicted molar refractivity (Wildman–Crippen MR) is 87.9 cm³/mol. The van der Waals surface area contributed by atoms with E-state index in [1.807, 2.05) is 12.1 Å². The summed E-state index contributed by atoms with van der Waals surface area (Å²) in [4.78, 5) is 0. The van der Waals surface area contributed by atoms with Crippen molar-refractivity contribution in [2.75, 3.05) is 13.7 Å². The van der Waals surface area contributed by atoms with E-state index in [0.29, 0.717) is 12.5 Å². The summed E-state index contributed by atoms with van der Waals surface area (Å²) in [6.45, 7) is -2.06. The van der Waals surface area contributed by atoms with E-state index in [4.69, 9.17) is 4.74 Å². The number of ether oxygens (including phenoxy) is 2. The third kappa shape index (κ3) is 6.69. The van der Waals surface area contributed by atoms with Crippen LogP contribution in [0.15, 0.2) is 36.4 Å². The lowest BCUT2D eigenvalue weighted by Crippen LogP contribution is -2.14. The van der Waals surface area contributed by atoms with Crippen LogP contribution in [0.5, 0.6) is 5.75 Å². The van der Waals surface area contributed by atoms with Gasteiger partial charge in [-0.25, -0.2) is 0 Å². The smallest absolute Gasteiger partial charge is 0.387 e. The molecule has 1 aliphatic rings. The van der Waals surface area contributed by atoms with Crippen LogP contribution in [0.25, 0.3) is 0 Å². The highest BCUT2D eigenvalue weighted by molar-refractivity contribution is 5.27. The van der Waals surface area contributed by atoms with Crippen molar-refractivity contribution in [2.24, 2.45) is 11.8 Å². The topological polar surface area (TPSA) is 18.5 Å². The van der Waals surface area contributed by atoms with Crippen molar-refractivity contribution >= 4 is 0 Å². The number of hydrogen-bond donors (Lipinski definition) is 0. The van der Waals surface area contributed by atoms with Crippen molar-refractivity contribution in [3.63, 3.8) is 0 Å². The minimum Gasteiger partial charge on any atom is -0.435 e. The summed E-state index contributed by atoms with van der Waals surface area (Å²) in [6.07, 6.45) is 11.6. The minimum absolute atomic E-state index is 0.229. The zero-order valence-electron chi connectivity index (χ0n) is 13.7. The monoisotopic (exact) mass is 324 g/mol. The van der Waals surface area contributed by atoms with Gasteiger partial charge in [0, 0.05) is 7.11 Å². The normalized spacial score (nSPS) is 21.9. The van der Waals surface area contributed by atoms with E-state index in [1.165, 1.54) is 37.7 Å². The second-order valence-corrected chi connectivity index (χ2v) is 6.23. The molecule has 1 saturated carbocycles. The lowest BCUT2D eigenvalue weighted by atomic mass is 9.79. The van der Waals surface area contributed by atoms with Gasteiger partial charge in [-0.3, -0.25) is 0 Å². The molecule has 1 aromatic rings. The van der Waals surface area contributed by atoms with Crippen LogP contribution in [0, 0.1) is 11.8 Å². The molecule has 0 N–H and O–H groups in total. The van der Waals surface area contributed by atoms with E-state index in [0.717, 1.165) is 12.3 Å². The van der Waals surface area contributed by atoms with Gasteiger partial charge in [0.1, 0.15) is 5.75 Å². The second kappa shape index (κ2) is 9.66. The second-order valence-electron chi connectivity index (χ2n) is 6.23. The molecular weight excluding hydrogens is 298 g/mol. The third-order valence-corrected chi connectivity index (χ3v) is 4.55. The molecule has 1 aromatic carbocycles. The van der Waals surface area contributed by atoms with Crippen molar-refractivity contribution in [3.05, 3.63) is 42.0 Å². The van der Waals surface area contributed by atoms with Crippen LogP contribution < -0.4 is 4.74 Å². The van der Waals surface area contributed by atoms with Gasteiger partial charge in [-0.15, -0.1) is 0 Å². The Labute approximate surface area is 137 Å². The van der Waals surface area contributed by atoms with E-state index in [-0.39, 0.29) is 5.75 Å². The van der Waals surface area contributed by atoms with Crippen LogP contribution in [0.3, 0.4) is 0 Å². The molecule has 128 valence electrons. The van der Waals surface area contributed by atoms with Crippen molar-refractivity contribution in [1.82, 2.24) is 0 Å². The summed E-state index contributed by atoms with van der Waals surface area (Å²) in [5.74, 6) is 1.71. The Morgan fingerprint density at radius 1 is 1.13 bits per heavy atom. The van der Waals surface area contributed by atoms with Crippen molar-refractivity contribution in [3.8, 4) is 5.75 Å². The van der Waals surface area contributed by atoms with Gasteiger partial charge in [-0.05, 0) is 68.1 Å². The third-order valence-electron chi connectivity index (χ3n) is 4.55. The van der Waals surface area contributed by atoms with E-state index in [2.05, 4.69) is 16.9 Å². The first kappa shape index (κ1) is 17.9. The molecule has 0 amide bonds. The van der Waals surface area contributed by atoms with Crippen molar-refractivity contribution in [1.29, 1.82) is 0 Å². The van der Waals surface area contributed by atoms with Gasteiger partial charge in [0.15, 0.2) is 0 Å². The van der Waals surface area contributed by atoms with Crippen LogP contribution >= 0.6 is 0 Å². The lowest BCUT2D eigenvalue weighted by Gasteiger charge is -2.26. The zero-order valence-corrected chi connectivity index (χ0v) is 13.7. The molecule has 23 heavy (non-hydrogen) atoms. The van der Waals surface area contributed by atoms with Gasteiger partial charge in [-0.2, -0.15) is 8.78 Å². The van der Waals surface area contributed by atoms with Gasteiger partial charge >= 0.3 is 6.61 Å². The molecule has 0 saturated heterocycles. The molecule has 0 aliphatic heterocycles. The maximum absolute atomic E-state index is 12.1. The van der Waals surface area contributed by atoms with Crippen molar-refractivity contribution in [2.45, 2.75) is 45.1 Å². The number of alkyl halides is 2. The standard InChI is InChI=1S/C19H26F2O2/c1-22-14-2-3-15-4-6-16(7-5-15)8-9-17-10-12-18(13-11-17)23-19(20)21/h2-3,10-13,15-16,19H,4-9,14H2,1H3/b3-2+. The van der Waals surface area contributed by atoms with Crippen LogP contribution in [0.1, 0.15) is 37.7 Å². The largest absolute Gasteiger partial charge is 0.435 e. The molecule has 2 nitrogen and oxygen atoms in total. The summed E-state index contributed by atoms with van der Waals surface area (Å²) < 4.78 is 33.6. The highest BCUT2D eigenvalue weighted by Crippen LogP contribution is 2.32. The Kier molecular flexibility index (Phi) is 7.53. The first-order chi connectivity index (χ1) is 11.2. The first-order valence-electron chi connectivity index (χ1n) is 8.36. The molecule has 0 atom stereocenters. The molecule has 0 unspecified atom stereocenters. The fraction of sp³-hybridized carbons (Fsp3) is 0.579. The molecule has 1 fully saturated rings. The minimum atomic E-state index is -2.76. The molecule has 0 bridgehead atoms. The van der Waals surface area contributed by atoms with Gasteiger partial charge in [-0.1, -0.05) is 24.3 Å². The number of hydrogen-bond acceptors (Lipinski definition) is 2. The Hall–Kier alpha value is -1.42. The van der Waals surface area contributed by atoms with Crippen LogP contribution in [0.2, 0.25) is 0 Å². The average molecular weight is 324 g/mol. The molecule has 1 aliphatic carbocycles. The summed E-state index contributed by atoms with van der Waals surface area (Å²) in [6, 6.07) is 7.02. The highest BCUT2D eigenvalue weighted by Gasteiger charge is 2.19. The van der Waals surface area contributed by atoms with E-state index in [9.17, 15) is 8.78 Å². The van der Waals surface area contributed by atoms with E-state index in [1.54, 1.807) is 19.2 Å². The molecule has 0 radical (unpaired) electrons.